The van der Waals surface area contributed by atoms with E-state index in [0.717, 1.165) is 11.4 Å². The van der Waals surface area contributed by atoms with Crippen molar-refractivity contribution in [3.8, 4) is 0 Å². The van der Waals surface area contributed by atoms with Crippen molar-refractivity contribution < 1.29 is 9.53 Å². The number of carbonyl (C=O) groups is 1. The Balaban J connectivity index is 2.19. The second-order valence-corrected chi connectivity index (χ2v) is 5.28. The minimum Gasteiger partial charge on any atom is -0.466 e. The number of carbonyl (C=O) groups excluding carboxylic acids is 1. The number of rotatable bonds is 4. The summed E-state index contributed by atoms with van der Waals surface area (Å²) in [5, 5.41) is 1.22. The molecule has 0 bridgehead atoms. The van der Waals surface area contributed by atoms with Gasteiger partial charge in [-0.05, 0) is 30.7 Å². The summed E-state index contributed by atoms with van der Waals surface area (Å²) in [7, 11) is 1.33. The second-order valence-electron chi connectivity index (χ2n) is 4.43. The van der Waals surface area contributed by atoms with Crippen LogP contribution in [0, 0.1) is 6.92 Å². The van der Waals surface area contributed by atoms with Gasteiger partial charge in [0, 0.05) is 22.3 Å². The molecule has 21 heavy (non-hydrogen) atoms. The van der Waals surface area contributed by atoms with Crippen LogP contribution in [0.15, 0.2) is 30.5 Å². The molecule has 0 radical (unpaired) electrons. The lowest BCUT2D eigenvalue weighted by Crippen LogP contribution is -2.01. The number of aromatic nitrogens is 2. The van der Waals surface area contributed by atoms with Crippen LogP contribution < -0.4 is 0 Å². The molecule has 0 saturated heterocycles. The first-order valence-corrected chi connectivity index (χ1v) is 6.99. The predicted octanol–water partition coefficient (Wildman–Crippen LogP) is 3.73. The number of hydrogen-bond acceptors (Lipinski definition) is 3. The molecule has 0 aliphatic heterocycles. The van der Waals surface area contributed by atoms with E-state index < -0.39 is 5.97 Å². The highest BCUT2D eigenvalue weighted by atomic mass is 35.5. The Kier molecular flexibility index (Phi) is 5.04. The molecule has 2 rings (SSSR count). The van der Waals surface area contributed by atoms with Crippen LogP contribution >= 0.6 is 23.2 Å². The Hall–Kier alpha value is -1.78. The van der Waals surface area contributed by atoms with Gasteiger partial charge in [-0.2, -0.15) is 0 Å². The smallest absolute Gasteiger partial charge is 0.330 e. The molecule has 0 aliphatic carbocycles. The van der Waals surface area contributed by atoms with E-state index in [2.05, 4.69) is 9.72 Å². The Morgan fingerprint density at radius 1 is 1.43 bits per heavy atom. The van der Waals surface area contributed by atoms with Gasteiger partial charge in [0.2, 0.25) is 0 Å². The highest BCUT2D eigenvalue weighted by Crippen LogP contribution is 2.22. The van der Waals surface area contributed by atoms with Gasteiger partial charge in [0.15, 0.2) is 0 Å². The van der Waals surface area contributed by atoms with Crippen LogP contribution in [0.1, 0.15) is 17.1 Å². The molecule has 0 fully saturated rings. The summed E-state index contributed by atoms with van der Waals surface area (Å²) in [6.07, 6.45) is 4.79. The van der Waals surface area contributed by atoms with E-state index in [9.17, 15) is 4.79 Å². The average Bonchev–Trinajstić information content (AvgIpc) is 2.79. The molecule has 0 atom stereocenters. The molecule has 0 amide bonds. The van der Waals surface area contributed by atoms with E-state index in [-0.39, 0.29) is 0 Å². The molecule has 0 aliphatic rings. The zero-order chi connectivity index (χ0) is 15.4. The number of aryl methyl sites for hydroxylation is 1. The summed E-state index contributed by atoms with van der Waals surface area (Å²) in [4.78, 5) is 15.4. The molecule has 0 unspecified atom stereocenters. The van der Waals surface area contributed by atoms with E-state index in [4.69, 9.17) is 23.2 Å². The second kappa shape index (κ2) is 6.78. The van der Waals surface area contributed by atoms with Crippen molar-refractivity contribution in [1.29, 1.82) is 0 Å². The minimum absolute atomic E-state index is 0.414. The van der Waals surface area contributed by atoms with E-state index in [1.807, 2.05) is 23.8 Å². The lowest BCUT2D eigenvalue weighted by atomic mass is 10.2. The van der Waals surface area contributed by atoms with E-state index in [1.165, 1.54) is 13.2 Å². The normalized spacial score (nSPS) is 11.0. The van der Waals surface area contributed by atoms with Crippen LogP contribution in [0.2, 0.25) is 10.0 Å². The zero-order valence-electron chi connectivity index (χ0n) is 11.6. The van der Waals surface area contributed by atoms with Gasteiger partial charge in [-0.1, -0.05) is 29.3 Å². The predicted molar refractivity (Wildman–Crippen MR) is 83.6 cm³/mol. The summed E-state index contributed by atoms with van der Waals surface area (Å²) in [5.74, 6) is 0.411. The summed E-state index contributed by atoms with van der Waals surface area (Å²) in [6.45, 7) is 2.47. The van der Waals surface area contributed by atoms with Crippen molar-refractivity contribution in [1.82, 2.24) is 9.55 Å². The number of nitrogens with zero attached hydrogens (tertiary/aromatic N) is 2. The number of esters is 1. The topological polar surface area (TPSA) is 44.1 Å². The number of imidazole rings is 1. The van der Waals surface area contributed by atoms with Crippen LogP contribution in [-0.4, -0.2) is 22.6 Å². The zero-order valence-corrected chi connectivity index (χ0v) is 13.1. The van der Waals surface area contributed by atoms with Crippen LogP contribution in [0.5, 0.6) is 0 Å². The lowest BCUT2D eigenvalue weighted by Gasteiger charge is -2.07. The minimum atomic E-state index is -0.414. The van der Waals surface area contributed by atoms with Crippen molar-refractivity contribution in [2.45, 2.75) is 13.5 Å². The average molecular weight is 325 g/mol. The van der Waals surface area contributed by atoms with E-state index in [1.54, 1.807) is 18.2 Å². The molecular formula is C15H14Cl2N2O2. The van der Waals surface area contributed by atoms with E-state index in [0.29, 0.717) is 22.3 Å². The SMILES string of the molecule is COC(=O)/C=C/c1cn(Cc2ccc(Cl)cc2Cl)c(C)n1. The number of halogens is 2. The van der Waals surface area contributed by atoms with Crippen molar-refractivity contribution in [2.24, 2.45) is 0 Å². The highest BCUT2D eigenvalue weighted by molar-refractivity contribution is 6.35. The molecule has 4 nitrogen and oxygen atoms in total. The largest absolute Gasteiger partial charge is 0.466 e. The Bertz CT molecular complexity index is 693. The Labute approximate surface area is 133 Å². The molecule has 1 aromatic carbocycles. The molecule has 6 heteroatoms. The standard InChI is InChI=1S/C15H14Cl2N2O2/c1-10-18-13(5-6-15(20)21-2)9-19(10)8-11-3-4-12(16)7-14(11)17/h3-7,9H,8H2,1-2H3/b6-5+. The fraction of sp³-hybridized carbons (Fsp3) is 0.200. The van der Waals surface area contributed by atoms with Crippen molar-refractivity contribution in [3.05, 3.63) is 57.6 Å². The lowest BCUT2D eigenvalue weighted by molar-refractivity contribution is -0.134. The number of ether oxygens (including phenoxy) is 1. The molecule has 1 heterocycles. The van der Waals surface area contributed by atoms with Crippen LogP contribution in [0.25, 0.3) is 6.08 Å². The van der Waals surface area contributed by atoms with Gasteiger partial charge >= 0.3 is 5.97 Å². The first kappa shape index (κ1) is 15.6. The molecule has 0 spiro atoms. The maximum Gasteiger partial charge on any atom is 0.330 e. The monoisotopic (exact) mass is 324 g/mol. The molecule has 2 aromatic rings. The molecule has 0 N–H and O–H groups in total. The summed E-state index contributed by atoms with van der Waals surface area (Å²) >= 11 is 12.1. The number of methoxy groups -OCH3 is 1. The molecule has 0 saturated carbocycles. The van der Waals surface area contributed by atoms with Gasteiger partial charge in [0.05, 0.1) is 19.3 Å². The van der Waals surface area contributed by atoms with Crippen LogP contribution in [-0.2, 0) is 16.1 Å². The quantitative estimate of drug-likeness (QED) is 0.635. The maximum absolute atomic E-state index is 11.1. The summed E-state index contributed by atoms with van der Waals surface area (Å²) < 4.78 is 6.49. The van der Waals surface area contributed by atoms with Crippen molar-refractivity contribution in [3.63, 3.8) is 0 Å². The summed E-state index contributed by atoms with van der Waals surface area (Å²) in [5.41, 5.74) is 1.63. The highest BCUT2D eigenvalue weighted by Gasteiger charge is 2.06. The third kappa shape index (κ3) is 4.09. The Morgan fingerprint density at radius 2 is 2.19 bits per heavy atom. The Morgan fingerprint density at radius 3 is 2.86 bits per heavy atom. The van der Waals surface area contributed by atoms with Gasteiger partial charge in [0.25, 0.3) is 0 Å². The van der Waals surface area contributed by atoms with Crippen molar-refractivity contribution >= 4 is 35.2 Å². The van der Waals surface area contributed by atoms with Gasteiger partial charge in [-0.3, -0.25) is 0 Å². The van der Waals surface area contributed by atoms with Gasteiger partial charge < -0.3 is 9.30 Å². The molecule has 1 aromatic heterocycles. The van der Waals surface area contributed by atoms with Gasteiger partial charge in [-0.25, -0.2) is 9.78 Å². The van der Waals surface area contributed by atoms with E-state index >= 15 is 0 Å². The number of hydrogen-bond donors (Lipinski definition) is 0. The maximum atomic E-state index is 11.1. The third-order valence-electron chi connectivity index (χ3n) is 2.94. The third-order valence-corrected chi connectivity index (χ3v) is 3.53. The number of benzene rings is 1. The van der Waals surface area contributed by atoms with Crippen LogP contribution in [0.3, 0.4) is 0 Å². The first-order chi connectivity index (χ1) is 9.99. The fourth-order valence-corrected chi connectivity index (χ4v) is 2.30. The van der Waals surface area contributed by atoms with Crippen molar-refractivity contribution in [2.75, 3.05) is 7.11 Å². The van der Waals surface area contributed by atoms with Gasteiger partial charge in [-0.15, -0.1) is 0 Å². The first-order valence-electron chi connectivity index (χ1n) is 6.23. The molecule has 110 valence electrons. The van der Waals surface area contributed by atoms with Gasteiger partial charge in [0.1, 0.15) is 5.82 Å². The van der Waals surface area contributed by atoms with Crippen LogP contribution in [0.4, 0.5) is 0 Å². The fourth-order valence-electron chi connectivity index (χ4n) is 1.83. The summed E-state index contributed by atoms with van der Waals surface area (Å²) in [6, 6.07) is 5.39. The molecular weight excluding hydrogens is 311 g/mol.